The molecule has 0 N–H and O–H groups in total. The predicted molar refractivity (Wildman–Crippen MR) is 132 cm³/mol. The molecule has 2 aliphatic rings. The summed E-state index contributed by atoms with van der Waals surface area (Å²) < 4.78 is 31.0. The van der Waals surface area contributed by atoms with E-state index in [-0.39, 0.29) is 18.1 Å². The van der Waals surface area contributed by atoms with Crippen molar-refractivity contribution in [1.29, 1.82) is 0 Å². The molecule has 1 saturated heterocycles. The summed E-state index contributed by atoms with van der Waals surface area (Å²) in [5, 5.41) is 0. The summed E-state index contributed by atoms with van der Waals surface area (Å²) in [6.07, 6.45) is 4.26. The number of amides is 1. The van der Waals surface area contributed by atoms with Crippen LogP contribution >= 0.6 is 0 Å². The molecule has 3 aromatic rings. The molecule has 0 unspecified atom stereocenters. The maximum Gasteiger partial charge on any atom is 0.329 e. The van der Waals surface area contributed by atoms with Gasteiger partial charge in [0.25, 0.3) is 0 Å². The molecule has 1 amide bonds. The highest BCUT2D eigenvalue weighted by atomic mass is 32.2. The van der Waals surface area contributed by atoms with Gasteiger partial charge < -0.3 is 4.90 Å². The number of benzene rings is 2. The first-order valence-corrected chi connectivity index (χ1v) is 13.5. The van der Waals surface area contributed by atoms with Crippen LogP contribution in [0.5, 0.6) is 0 Å². The van der Waals surface area contributed by atoms with Crippen molar-refractivity contribution in [3.05, 3.63) is 58.5 Å². The number of aryl methyl sites for hydroxylation is 1. The van der Waals surface area contributed by atoms with E-state index in [0.29, 0.717) is 37.5 Å². The highest BCUT2D eigenvalue weighted by Crippen LogP contribution is 2.32. The maximum absolute atomic E-state index is 13.3. The van der Waals surface area contributed by atoms with Gasteiger partial charge in [-0.25, -0.2) is 13.2 Å². The van der Waals surface area contributed by atoms with Crippen LogP contribution in [0.1, 0.15) is 38.2 Å². The normalized spacial score (nSPS) is 16.8. The second-order valence-corrected chi connectivity index (χ2v) is 11.0. The number of piperidine rings is 1. The third-order valence-corrected chi connectivity index (χ3v) is 8.76. The number of rotatable bonds is 6. The van der Waals surface area contributed by atoms with Crippen molar-refractivity contribution in [2.24, 2.45) is 0 Å². The first-order valence-electron chi connectivity index (χ1n) is 12.0. The summed E-state index contributed by atoms with van der Waals surface area (Å²) in [6.45, 7) is 4.16. The number of para-hydroxylation sites is 2. The minimum Gasteiger partial charge on any atom is -0.310 e. The van der Waals surface area contributed by atoms with Crippen LogP contribution in [0.2, 0.25) is 0 Å². The highest BCUT2D eigenvalue weighted by Gasteiger charge is 2.30. The Kier molecular flexibility index (Phi) is 6.07. The van der Waals surface area contributed by atoms with Gasteiger partial charge in [0, 0.05) is 31.9 Å². The Morgan fingerprint density at radius 3 is 2.35 bits per heavy atom. The average Bonchev–Trinajstić information content (AvgIpc) is 3.39. The van der Waals surface area contributed by atoms with Crippen LogP contribution in [0.3, 0.4) is 0 Å². The quantitative estimate of drug-likeness (QED) is 0.541. The number of sulfonamides is 1. The van der Waals surface area contributed by atoms with Gasteiger partial charge in [-0.3, -0.25) is 13.9 Å². The van der Waals surface area contributed by atoms with E-state index >= 15 is 0 Å². The largest absolute Gasteiger partial charge is 0.329 e. The Labute approximate surface area is 199 Å². The second kappa shape index (κ2) is 9.03. The van der Waals surface area contributed by atoms with Crippen LogP contribution in [0.25, 0.3) is 11.0 Å². The third kappa shape index (κ3) is 3.86. The molecule has 1 aromatic heterocycles. The van der Waals surface area contributed by atoms with Crippen molar-refractivity contribution >= 4 is 32.7 Å². The SMILES string of the molecule is CCCn1c(=O)n(CC(=O)N2CCc3cc(S(=O)(=O)N4CCCCC4)ccc32)c2ccccc21. The lowest BCUT2D eigenvalue weighted by Gasteiger charge is -2.26. The molecule has 0 atom stereocenters. The Hall–Kier alpha value is -2.91. The summed E-state index contributed by atoms with van der Waals surface area (Å²) in [6, 6.07) is 12.6. The van der Waals surface area contributed by atoms with E-state index < -0.39 is 10.0 Å². The zero-order chi connectivity index (χ0) is 23.9. The molecule has 2 aliphatic heterocycles. The van der Waals surface area contributed by atoms with Gasteiger partial charge in [0.15, 0.2) is 0 Å². The maximum atomic E-state index is 13.3. The van der Waals surface area contributed by atoms with Crippen molar-refractivity contribution in [1.82, 2.24) is 13.4 Å². The molecular weight excluding hydrogens is 452 g/mol. The molecule has 3 heterocycles. The van der Waals surface area contributed by atoms with Crippen LogP contribution in [-0.2, 0) is 34.3 Å². The van der Waals surface area contributed by atoms with Gasteiger partial charge in [0.2, 0.25) is 15.9 Å². The fourth-order valence-corrected chi connectivity index (χ4v) is 6.71. The van der Waals surface area contributed by atoms with Gasteiger partial charge in [-0.2, -0.15) is 4.31 Å². The van der Waals surface area contributed by atoms with Crippen molar-refractivity contribution in [2.75, 3.05) is 24.5 Å². The number of anilines is 1. The van der Waals surface area contributed by atoms with E-state index in [1.807, 2.05) is 31.2 Å². The van der Waals surface area contributed by atoms with E-state index in [1.165, 1.54) is 0 Å². The zero-order valence-electron chi connectivity index (χ0n) is 19.4. The first kappa shape index (κ1) is 22.9. The van der Waals surface area contributed by atoms with E-state index in [4.69, 9.17) is 0 Å². The highest BCUT2D eigenvalue weighted by molar-refractivity contribution is 7.89. The number of aromatic nitrogens is 2. The number of imidazole rings is 1. The van der Waals surface area contributed by atoms with E-state index in [2.05, 4.69) is 0 Å². The Morgan fingerprint density at radius 2 is 1.65 bits per heavy atom. The van der Waals surface area contributed by atoms with Crippen LogP contribution in [0.4, 0.5) is 5.69 Å². The predicted octanol–water partition coefficient (Wildman–Crippen LogP) is 2.98. The van der Waals surface area contributed by atoms with Gasteiger partial charge in [0.1, 0.15) is 6.54 Å². The number of hydrogen-bond donors (Lipinski definition) is 0. The fraction of sp³-hybridized carbons (Fsp3) is 0.440. The molecule has 2 aromatic carbocycles. The molecule has 0 radical (unpaired) electrons. The fourth-order valence-electron chi connectivity index (χ4n) is 5.14. The lowest BCUT2D eigenvalue weighted by Crippen LogP contribution is -2.36. The number of carbonyl (C=O) groups is 1. The summed E-state index contributed by atoms with van der Waals surface area (Å²) in [5.74, 6) is -0.174. The van der Waals surface area contributed by atoms with Crippen LogP contribution in [0.15, 0.2) is 52.2 Å². The summed E-state index contributed by atoms with van der Waals surface area (Å²) >= 11 is 0. The number of hydrogen-bond acceptors (Lipinski definition) is 4. The van der Waals surface area contributed by atoms with Gasteiger partial charge in [0.05, 0.1) is 15.9 Å². The molecule has 0 spiro atoms. The molecule has 9 heteroatoms. The topological polar surface area (TPSA) is 84.6 Å². The molecule has 0 saturated carbocycles. The molecular formula is C25H30N4O4S. The standard InChI is InChI=1S/C25H30N4O4S/c1-2-13-28-22-8-4-5-9-23(22)29(25(28)31)18-24(30)27-16-12-19-17-20(10-11-21(19)27)34(32,33)26-14-6-3-7-15-26/h4-5,8-11,17H,2-3,6-7,12-16,18H2,1H3. The molecule has 5 rings (SSSR count). The van der Waals surface area contributed by atoms with Gasteiger partial charge in [-0.15, -0.1) is 0 Å². The summed E-state index contributed by atoms with van der Waals surface area (Å²) in [7, 11) is -3.52. The third-order valence-electron chi connectivity index (χ3n) is 6.87. The Balaban J connectivity index is 1.41. The lowest BCUT2D eigenvalue weighted by atomic mass is 10.2. The van der Waals surface area contributed by atoms with Crippen molar-refractivity contribution in [3.63, 3.8) is 0 Å². The Morgan fingerprint density at radius 1 is 0.941 bits per heavy atom. The zero-order valence-corrected chi connectivity index (χ0v) is 20.3. The number of fused-ring (bicyclic) bond motifs is 2. The second-order valence-electron chi connectivity index (χ2n) is 9.06. The first-order chi connectivity index (χ1) is 16.4. The summed E-state index contributed by atoms with van der Waals surface area (Å²) in [5.41, 5.74) is 2.98. The smallest absolute Gasteiger partial charge is 0.310 e. The van der Waals surface area contributed by atoms with Gasteiger partial charge in [-0.1, -0.05) is 25.5 Å². The van der Waals surface area contributed by atoms with E-state index in [0.717, 1.165) is 48.0 Å². The van der Waals surface area contributed by atoms with E-state index in [9.17, 15) is 18.0 Å². The molecule has 0 aliphatic carbocycles. The van der Waals surface area contributed by atoms with Crippen LogP contribution in [0, 0.1) is 0 Å². The Bertz CT molecular complexity index is 1400. The average molecular weight is 483 g/mol. The molecule has 180 valence electrons. The van der Waals surface area contributed by atoms with Crippen LogP contribution in [-0.4, -0.2) is 47.4 Å². The van der Waals surface area contributed by atoms with Crippen molar-refractivity contribution in [3.8, 4) is 0 Å². The van der Waals surface area contributed by atoms with E-state index in [1.54, 1.807) is 36.5 Å². The summed E-state index contributed by atoms with van der Waals surface area (Å²) in [4.78, 5) is 28.3. The lowest BCUT2D eigenvalue weighted by molar-refractivity contribution is -0.119. The monoisotopic (exact) mass is 482 g/mol. The molecule has 8 nitrogen and oxygen atoms in total. The minimum atomic E-state index is -3.52. The molecule has 34 heavy (non-hydrogen) atoms. The van der Waals surface area contributed by atoms with Crippen LogP contribution < -0.4 is 10.6 Å². The van der Waals surface area contributed by atoms with Crippen molar-refractivity contribution in [2.45, 2.75) is 57.0 Å². The molecule has 0 bridgehead atoms. The minimum absolute atomic E-state index is 0.0523. The molecule has 1 fully saturated rings. The van der Waals surface area contributed by atoms with Gasteiger partial charge in [-0.05, 0) is 61.6 Å². The van der Waals surface area contributed by atoms with Gasteiger partial charge >= 0.3 is 5.69 Å². The number of carbonyl (C=O) groups excluding carboxylic acids is 1. The van der Waals surface area contributed by atoms with Crippen molar-refractivity contribution < 1.29 is 13.2 Å². The number of nitrogens with zero attached hydrogens (tertiary/aromatic N) is 4.